The van der Waals surface area contributed by atoms with E-state index in [1.807, 2.05) is 6.26 Å². The Labute approximate surface area is 122 Å². The van der Waals surface area contributed by atoms with Crippen molar-refractivity contribution in [3.8, 4) is 0 Å². The number of anilines is 1. The molecular weight excluding hydrogens is 304 g/mol. The Bertz CT molecular complexity index is 602. The van der Waals surface area contributed by atoms with E-state index in [1.165, 1.54) is 29.2 Å². The Kier molecular flexibility index (Phi) is 4.61. The lowest BCUT2D eigenvalue weighted by Crippen LogP contribution is -1.96. The molecule has 0 amide bonds. The molecule has 2 N–H and O–H groups in total. The molecule has 0 radical (unpaired) electrons. The number of aromatic nitrogens is 2. The van der Waals surface area contributed by atoms with E-state index < -0.39 is 4.92 Å². The number of thioether (sulfide) groups is 2. The number of hydrogen-bond acceptors (Lipinski definition) is 8. The highest BCUT2D eigenvalue weighted by atomic mass is 32.2. The molecule has 19 heavy (non-hydrogen) atoms. The van der Waals surface area contributed by atoms with Gasteiger partial charge in [-0.15, -0.1) is 10.2 Å². The van der Waals surface area contributed by atoms with Crippen LogP contribution in [0.25, 0.3) is 0 Å². The molecule has 6 nitrogen and oxygen atoms in total. The van der Waals surface area contributed by atoms with Crippen molar-refractivity contribution in [1.29, 1.82) is 0 Å². The predicted octanol–water partition coefficient (Wildman–Crippen LogP) is 3.04. The highest BCUT2D eigenvalue weighted by molar-refractivity contribution is 8.02. The maximum absolute atomic E-state index is 10.6. The SMILES string of the molecule is CSc1nnc(SCc2ccc([N+](=O)[O-])c(N)c2)s1. The smallest absolute Gasteiger partial charge is 0.292 e. The van der Waals surface area contributed by atoms with E-state index in [2.05, 4.69) is 10.2 Å². The van der Waals surface area contributed by atoms with E-state index in [0.29, 0.717) is 5.75 Å². The molecule has 0 atom stereocenters. The van der Waals surface area contributed by atoms with Crippen molar-refractivity contribution in [3.63, 3.8) is 0 Å². The van der Waals surface area contributed by atoms with Crippen LogP contribution in [0.5, 0.6) is 0 Å². The number of nitro benzene ring substituents is 1. The van der Waals surface area contributed by atoms with E-state index in [4.69, 9.17) is 5.73 Å². The molecule has 0 aliphatic heterocycles. The molecule has 1 aromatic heterocycles. The van der Waals surface area contributed by atoms with Gasteiger partial charge in [-0.2, -0.15) is 0 Å². The Morgan fingerprint density at radius 2 is 2.16 bits per heavy atom. The third kappa shape index (κ3) is 3.58. The van der Waals surface area contributed by atoms with Gasteiger partial charge in [-0.3, -0.25) is 10.1 Å². The van der Waals surface area contributed by atoms with Crippen LogP contribution in [0, 0.1) is 10.1 Å². The van der Waals surface area contributed by atoms with Crippen molar-refractivity contribution >= 4 is 46.2 Å². The summed E-state index contributed by atoms with van der Waals surface area (Å²) in [5.41, 5.74) is 6.69. The molecule has 2 rings (SSSR count). The summed E-state index contributed by atoms with van der Waals surface area (Å²) in [5.74, 6) is 0.658. The second-order valence-electron chi connectivity index (χ2n) is 3.48. The fourth-order valence-electron chi connectivity index (χ4n) is 1.34. The van der Waals surface area contributed by atoms with Gasteiger partial charge in [0.15, 0.2) is 8.68 Å². The zero-order valence-electron chi connectivity index (χ0n) is 9.90. The van der Waals surface area contributed by atoms with Gasteiger partial charge in [0.1, 0.15) is 5.69 Å². The molecule has 0 aliphatic rings. The monoisotopic (exact) mass is 314 g/mol. The van der Waals surface area contributed by atoms with Crippen molar-refractivity contribution in [2.75, 3.05) is 12.0 Å². The second kappa shape index (κ2) is 6.22. The standard InChI is InChI=1S/C10H10N4O2S3/c1-17-9-12-13-10(19-9)18-5-6-2-3-8(14(15)16)7(11)4-6/h2-4H,5,11H2,1H3. The highest BCUT2D eigenvalue weighted by Crippen LogP contribution is 2.31. The van der Waals surface area contributed by atoms with E-state index in [9.17, 15) is 10.1 Å². The fourth-order valence-corrected chi connectivity index (χ4v) is 3.72. The zero-order valence-corrected chi connectivity index (χ0v) is 12.3. The summed E-state index contributed by atoms with van der Waals surface area (Å²) in [4.78, 5) is 10.2. The average Bonchev–Trinajstić information content (AvgIpc) is 2.84. The van der Waals surface area contributed by atoms with Crippen LogP contribution in [0.2, 0.25) is 0 Å². The van der Waals surface area contributed by atoms with Crippen LogP contribution in [0.3, 0.4) is 0 Å². The first-order chi connectivity index (χ1) is 9.10. The van der Waals surface area contributed by atoms with Crippen LogP contribution < -0.4 is 5.73 Å². The van der Waals surface area contributed by atoms with Gasteiger partial charge in [0.05, 0.1) is 4.92 Å². The number of hydrogen-bond donors (Lipinski definition) is 1. The molecule has 9 heteroatoms. The van der Waals surface area contributed by atoms with Gasteiger partial charge >= 0.3 is 0 Å². The predicted molar refractivity (Wildman–Crippen MR) is 78.8 cm³/mol. The van der Waals surface area contributed by atoms with Gasteiger partial charge in [-0.25, -0.2) is 0 Å². The van der Waals surface area contributed by atoms with Crippen LogP contribution >= 0.6 is 34.9 Å². The van der Waals surface area contributed by atoms with Gasteiger partial charge in [-0.1, -0.05) is 40.9 Å². The normalized spacial score (nSPS) is 10.6. The Balaban J connectivity index is 2.03. The quantitative estimate of drug-likeness (QED) is 0.392. The van der Waals surface area contributed by atoms with E-state index in [-0.39, 0.29) is 11.4 Å². The fraction of sp³-hybridized carbons (Fsp3) is 0.200. The molecule has 100 valence electrons. The molecule has 0 saturated heterocycles. The van der Waals surface area contributed by atoms with Crippen LogP contribution in [0.1, 0.15) is 5.56 Å². The lowest BCUT2D eigenvalue weighted by Gasteiger charge is -2.01. The summed E-state index contributed by atoms with van der Waals surface area (Å²) in [6.07, 6.45) is 1.95. The van der Waals surface area contributed by atoms with Crippen LogP contribution in [-0.2, 0) is 5.75 Å². The summed E-state index contributed by atoms with van der Waals surface area (Å²) < 4.78 is 1.80. The first-order valence-electron chi connectivity index (χ1n) is 5.13. The largest absolute Gasteiger partial charge is 0.393 e. The molecule has 1 heterocycles. The van der Waals surface area contributed by atoms with Crippen molar-refractivity contribution in [2.45, 2.75) is 14.4 Å². The third-order valence-electron chi connectivity index (χ3n) is 2.21. The van der Waals surface area contributed by atoms with Gasteiger partial charge < -0.3 is 5.73 Å². The second-order valence-corrected chi connectivity index (χ2v) is 6.73. The maximum atomic E-state index is 10.6. The molecule has 0 unspecified atom stereocenters. The molecule has 0 aliphatic carbocycles. The number of nitrogens with two attached hydrogens (primary N) is 1. The number of benzene rings is 1. The zero-order chi connectivity index (χ0) is 13.8. The van der Waals surface area contributed by atoms with E-state index in [1.54, 1.807) is 23.9 Å². The average molecular weight is 314 g/mol. The minimum absolute atomic E-state index is 0.0608. The van der Waals surface area contributed by atoms with Gasteiger partial charge in [0.25, 0.3) is 5.69 Å². The Morgan fingerprint density at radius 1 is 1.42 bits per heavy atom. The highest BCUT2D eigenvalue weighted by Gasteiger charge is 2.11. The van der Waals surface area contributed by atoms with E-state index >= 15 is 0 Å². The summed E-state index contributed by atoms with van der Waals surface area (Å²) >= 11 is 4.62. The first-order valence-corrected chi connectivity index (χ1v) is 8.16. The minimum Gasteiger partial charge on any atom is -0.393 e. The van der Waals surface area contributed by atoms with E-state index in [0.717, 1.165) is 14.2 Å². The van der Waals surface area contributed by atoms with Crippen LogP contribution in [0.4, 0.5) is 11.4 Å². The topological polar surface area (TPSA) is 94.9 Å². The molecule has 2 aromatic rings. The van der Waals surface area contributed by atoms with Crippen molar-refractivity contribution in [1.82, 2.24) is 10.2 Å². The minimum atomic E-state index is -0.484. The molecule has 0 spiro atoms. The third-order valence-corrected chi connectivity index (χ3v) is 5.32. The van der Waals surface area contributed by atoms with Gasteiger partial charge in [0, 0.05) is 11.8 Å². The maximum Gasteiger partial charge on any atom is 0.292 e. The molecule has 0 fully saturated rings. The molecule has 1 aromatic carbocycles. The molecular formula is C10H10N4O2S3. The van der Waals surface area contributed by atoms with Crippen molar-refractivity contribution in [3.05, 3.63) is 33.9 Å². The van der Waals surface area contributed by atoms with Crippen LogP contribution in [-0.4, -0.2) is 21.4 Å². The Morgan fingerprint density at radius 3 is 2.74 bits per heavy atom. The van der Waals surface area contributed by atoms with Crippen molar-refractivity contribution < 1.29 is 4.92 Å². The summed E-state index contributed by atoms with van der Waals surface area (Å²) in [5, 5.41) is 18.7. The summed E-state index contributed by atoms with van der Waals surface area (Å²) in [7, 11) is 0. The lowest BCUT2D eigenvalue weighted by molar-refractivity contribution is -0.383. The number of nitrogens with zero attached hydrogens (tertiary/aromatic N) is 3. The number of rotatable bonds is 5. The number of nitrogen functional groups attached to an aromatic ring is 1. The van der Waals surface area contributed by atoms with Crippen LogP contribution in [0.15, 0.2) is 26.9 Å². The molecule has 0 bridgehead atoms. The summed E-state index contributed by atoms with van der Waals surface area (Å²) in [6.45, 7) is 0. The number of nitro groups is 1. The first kappa shape index (κ1) is 14.1. The lowest BCUT2D eigenvalue weighted by atomic mass is 10.2. The van der Waals surface area contributed by atoms with Crippen molar-refractivity contribution in [2.24, 2.45) is 0 Å². The van der Waals surface area contributed by atoms with Gasteiger partial charge in [-0.05, 0) is 17.9 Å². The van der Waals surface area contributed by atoms with Gasteiger partial charge in [0.2, 0.25) is 0 Å². The Hall–Kier alpha value is -1.32. The summed E-state index contributed by atoms with van der Waals surface area (Å²) in [6, 6.07) is 4.76. The molecule has 0 saturated carbocycles.